The monoisotopic (exact) mass is 497 g/mol. The van der Waals surface area contributed by atoms with Crippen LogP contribution in [0.2, 0.25) is 5.02 Å². The molecule has 3 aromatic rings. The van der Waals surface area contributed by atoms with Gasteiger partial charge in [0, 0.05) is 18.9 Å². The number of benzene rings is 2. The van der Waals surface area contributed by atoms with Gasteiger partial charge in [0.25, 0.3) is 10.0 Å². The van der Waals surface area contributed by atoms with Gasteiger partial charge in [-0.15, -0.1) is 0 Å². The molecule has 0 saturated heterocycles. The minimum atomic E-state index is -4.81. The smallest absolute Gasteiger partial charge is 0.350 e. The zero-order valence-corrected chi connectivity index (χ0v) is 18.9. The minimum absolute atomic E-state index is 0.0915. The predicted octanol–water partition coefficient (Wildman–Crippen LogP) is 4.57. The van der Waals surface area contributed by atoms with Crippen LogP contribution in [0.3, 0.4) is 0 Å². The maximum atomic E-state index is 13.4. The minimum Gasteiger partial charge on any atom is -0.350 e. The van der Waals surface area contributed by atoms with E-state index in [2.05, 4.69) is 10.3 Å². The number of nitrogens with zero attached hydrogens (tertiary/aromatic N) is 2. The summed E-state index contributed by atoms with van der Waals surface area (Å²) >= 11 is 5.69. The number of amides is 1. The molecule has 0 saturated carbocycles. The second-order valence-electron chi connectivity index (χ2n) is 7.12. The first-order valence-corrected chi connectivity index (χ1v) is 11.4. The van der Waals surface area contributed by atoms with Gasteiger partial charge in [0.1, 0.15) is 6.54 Å². The van der Waals surface area contributed by atoms with Gasteiger partial charge in [-0.1, -0.05) is 29.3 Å². The van der Waals surface area contributed by atoms with Crippen molar-refractivity contribution >= 4 is 33.2 Å². The third-order valence-electron chi connectivity index (χ3n) is 4.68. The molecule has 0 spiro atoms. The number of halogens is 4. The van der Waals surface area contributed by atoms with E-state index in [4.69, 9.17) is 11.6 Å². The SMILES string of the molecule is Cc1ccc(S(=O)(=O)N(CC(=O)NCc2ccncc2)c2ccc(Cl)c(C(F)(F)F)c2)cc1. The fourth-order valence-electron chi connectivity index (χ4n) is 2.93. The van der Waals surface area contributed by atoms with E-state index in [1.165, 1.54) is 24.5 Å². The molecule has 0 unspecified atom stereocenters. The van der Waals surface area contributed by atoms with Gasteiger partial charge in [0.15, 0.2) is 0 Å². The molecule has 0 bridgehead atoms. The Kier molecular flexibility index (Phi) is 7.28. The van der Waals surface area contributed by atoms with Crippen LogP contribution in [0.4, 0.5) is 18.9 Å². The standard InChI is InChI=1S/C22H19ClF3N3O3S/c1-15-2-5-18(6-3-15)33(31,32)29(14-21(30)28-13-16-8-10-27-11-9-16)17-4-7-20(23)19(12-17)22(24,25)26/h2-12H,13-14H2,1H3,(H,28,30). The summed E-state index contributed by atoms with van der Waals surface area (Å²) in [7, 11) is -4.37. The Morgan fingerprint density at radius 2 is 1.70 bits per heavy atom. The van der Waals surface area contributed by atoms with Gasteiger partial charge in [-0.25, -0.2) is 8.42 Å². The number of carbonyl (C=O) groups is 1. The van der Waals surface area contributed by atoms with Crippen LogP contribution in [-0.2, 0) is 27.5 Å². The van der Waals surface area contributed by atoms with Crippen LogP contribution >= 0.6 is 11.6 Å². The molecule has 0 atom stereocenters. The number of hydrogen-bond acceptors (Lipinski definition) is 4. The lowest BCUT2D eigenvalue weighted by atomic mass is 10.2. The number of pyridine rings is 1. The molecule has 3 rings (SSSR count). The van der Waals surface area contributed by atoms with E-state index in [1.54, 1.807) is 31.2 Å². The normalized spacial score (nSPS) is 11.8. The first-order valence-electron chi connectivity index (χ1n) is 9.60. The molecule has 1 amide bonds. The summed E-state index contributed by atoms with van der Waals surface area (Å²) in [5.74, 6) is -0.703. The maximum absolute atomic E-state index is 13.4. The van der Waals surface area contributed by atoms with Gasteiger partial charge in [-0.2, -0.15) is 13.2 Å². The molecule has 0 aliphatic heterocycles. The quantitative estimate of drug-likeness (QED) is 0.518. The van der Waals surface area contributed by atoms with Gasteiger partial charge >= 0.3 is 6.18 Å². The number of aryl methyl sites for hydroxylation is 1. The highest BCUT2D eigenvalue weighted by atomic mass is 35.5. The average Bonchev–Trinajstić information content (AvgIpc) is 2.77. The van der Waals surface area contributed by atoms with Gasteiger partial charge in [-0.05, 0) is 55.0 Å². The molecule has 2 aromatic carbocycles. The molecule has 0 aliphatic carbocycles. The lowest BCUT2D eigenvalue weighted by molar-refractivity contribution is -0.137. The van der Waals surface area contributed by atoms with E-state index in [9.17, 15) is 26.4 Å². The molecule has 6 nitrogen and oxygen atoms in total. The summed E-state index contributed by atoms with van der Waals surface area (Å²) in [6.45, 7) is 1.12. The Morgan fingerprint density at radius 3 is 2.30 bits per heavy atom. The lowest BCUT2D eigenvalue weighted by Gasteiger charge is -2.25. The van der Waals surface area contributed by atoms with Gasteiger partial charge in [0.05, 0.1) is 21.2 Å². The summed E-state index contributed by atoms with van der Waals surface area (Å²) in [6, 6.07) is 11.8. The second kappa shape index (κ2) is 9.80. The number of nitrogens with one attached hydrogen (secondary N) is 1. The predicted molar refractivity (Wildman–Crippen MR) is 118 cm³/mol. The van der Waals surface area contributed by atoms with Crippen molar-refractivity contribution in [3.8, 4) is 0 Å². The van der Waals surface area contributed by atoms with E-state index < -0.39 is 39.2 Å². The molecule has 174 valence electrons. The fourth-order valence-corrected chi connectivity index (χ4v) is 4.56. The Labute approximate surface area is 194 Å². The first-order chi connectivity index (χ1) is 15.5. The molecule has 33 heavy (non-hydrogen) atoms. The van der Waals surface area contributed by atoms with Crippen molar-refractivity contribution in [1.82, 2.24) is 10.3 Å². The number of rotatable bonds is 7. The largest absolute Gasteiger partial charge is 0.417 e. The Balaban J connectivity index is 1.98. The number of anilines is 1. The van der Waals surface area contributed by atoms with Crippen molar-refractivity contribution in [2.24, 2.45) is 0 Å². The topological polar surface area (TPSA) is 79.4 Å². The van der Waals surface area contributed by atoms with E-state index >= 15 is 0 Å². The summed E-state index contributed by atoms with van der Waals surface area (Å²) < 4.78 is 67.4. The zero-order chi connectivity index (χ0) is 24.2. The van der Waals surface area contributed by atoms with Crippen molar-refractivity contribution in [3.05, 3.63) is 88.7 Å². The van der Waals surface area contributed by atoms with Gasteiger partial charge in [-0.3, -0.25) is 14.1 Å². The molecular weight excluding hydrogens is 479 g/mol. The molecule has 1 heterocycles. The van der Waals surface area contributed by atoms with E-state index in [0.29, 0.717) is 10.4 Å². The van der Waals surface area contributed by atoms with Crippen LogP contribution in [0.25, 0.3) is 0 Å². The summed E-state index contributed by atoms with van der Waals surface area (Å²) in [4.78, 5) is 16.3. The summed E-state index contributed by atoms with van der Waals surface area (Å²) in [5, 5.41) is 1.98. The van der Waals surface area contributed by atoms with Crippen molar-refractivity contribution in [1.29, 1.82) is 0 Å². The first kappa shape index (κ1) is 24.5. The second-order valence-corrected chi connectivity index (χ2v) is 9.39. The van der Waals surface area contributed by atoms with Crippen molar-refractivity contribution in [2.45, 2.75) is 24.5 Å². The number of sulfonamides is 1. The molecule has 0 fully saturated rings. The fraction of sp³-hybridized carbons (Fsp3) is 0.182. The number of alkyl halides is 3. The third-order valence-corrected chi connectivity index (χ3v) is 6.80. The van der Waals surface area contributed by atoms with Crippen LogP contribution in [-0.4, -0.2) is 25.9 Å². The highest BCUT2D eigenvalue weighted by molar-refractivity contribution is 7.92. The molecule has 11 heteroatoms. The Bertz CT molecular complexity index is 1240. The van der Waals surface area contributed by atoms with E-state index in [0.717, 1.165) is 23.3 Å². The number of carbonyl (C=O) groups excluding carboxylic acids is 1. The van der Waals surface area contributed by atoms with E-state index in [1.807, 2.05) is 0 Å². The molecule has 0 aliphatic rings. The van der Waals surface area contributed by atoms with Crippen LogP contribution in [0, 0.1) is 6.92 Å². The molecule has 0 radical (unpaired) electrons. The van der Waals surface area contributed by atoms with Crippen LogP contribution in [0.1, 0.15) is 16.7 Å². The van der Waals surface area contributed by atoms with Crippen molar-refractivity contribution in [3.63, 3.8) is 0 Å². The lowest BCUT2D eigenvalue weighted by Crippen LogP contribution is -2.40. The molecular formula is C22H19ClF3N3O3S. The molecule has 1 N–H and O–H groups in total. The van der Waals surface area contributed by atoms with Gasteiger partial charge in [0.2, 0.25) is 5.91 Å². The zero-order valence-electron chi connectivity index (χ0n) is 17.3. The summed E-state index contributed by atoms with van der Waals surface area (Å²) in [6.07, 6.45) is -1.75. The third kappa shape index (κ3) is 6.02. The Hall–Kier alpha value is -3.11. The van der Waals surface area contributed by atoms with Crippen LogP contribution < -0.4 is 9.62 Å². The number of hydrogen-bond donors (Lipinski definition) is 1. The van der Waals surface area contributed by atoms with Crippen molar-refractivity contribution in [2.75, 3.05) is 10.8 Å². The van der Waals surface area contributed by atoms with Crippen molar-refractivity contribution < 1.29 is 26.4 Å². The maximum Gasteiger partial charge on any atom is 0.417 e. The van der Waals surface area contributed by atoms with Gasteiger partial charge < -0.3 is 5.32 Å². The Morgan fingerprint density at radius 1 is 1.06 bits per heavy atom. The molecule has 1 aromatic heterocycles. The average molecular weight is 498 g/mol. The van der Waals surface area contributed by atoms with Crippen LogP contribution in [0.5, 0.6) is 0 Å². The highest BCUT2D eigenvalue weighted by Gasteiger charge is 2.35. The van der Waals surface area contributed by atoms with Crippen LogP contribution in [0.15, 0.2) is 71.9 Å². The summed E-state index contributed by atoms with van der Waals surface area (Å²) in [5.41, 5.74) is -0.0343. The number of aromatic nitrogens is 1. The van der Waals surface area contributed by atoms with E-state index in [-0.39, 0.29) is 17.1 Å². The highest BCUT2D eigenvalue weighted by Crippen LogP contribution is 2.38.